The predicted octanol–water partition coefficient (Wildman–Crippen LogP) is 5.57. The molecule has 166 valence electrons. The number of para-hydroxylation sites is 2. The molecule has 0 atom stereocenters. The van der Waals surface area contributed by atoms with Crippen LogP contribution in [0.3, 0.4) is 0 Å². The summed E-state index contributed by atoms with van der Waals surface area (Å²) < 4.78 is 31.1. The third kappa shape index (κ3) is 4.41. The number of nitrogens with zero attached hydrogens (tertiary/aromatic N) is 2. The van der Waals surface area contributed by atoms with E-state index in [4.69, 9.17) is 4.98 Å². The standard InChI is InChI=1S/C26H29N3O2S/c1-5-29-24-12-7-6-11-23(24)27-26(29)14-13-21-9-8-10-22(17-21)28-32(30,31)25-16-19(3)18(2)15-20(25)4/h6-12,15-17,28H,5,13-14H2,1-4H3. The smallest absolute Gasteiger partial charge is 0.262 e. The van der Waals surface area contributed by atoms with Crippen LogP contribution in [0.4, 0.5) is 5.69 Å². The van der Waals surface area contributed by atoms with Crippen molar-refractivity contribution < 1.29 is 8.42 Å². The van der Waals surface area contributed by atoms with E-state index < -0.39 is 10.0 Å². The van der Waals surface area contributed by atoms with Gasteiger partial charge in [-0.1, -0.05) is 30.3 Å². The summed E-state index contributed by atoms with van der Waals surface area (Å²) in [5, 5.41) is 0. The summed E-state index contributed by atoms with van der Waals surface area (Å²) in [7, 11) is -3.66. The molecule has 1 heterocycles. The van der Waals surface area contributed by atoms with Crippen molar-refractivity contribution in [2.24, 2.45) is 0 Å². The van der Waals surface area contributed by atoms with Gasteiger partial charge in [-0.05, 0) is 86.7 Å². The second-order valence-electron chi connectivity index (χ2n) is 8.27. The first-order chi connectivity index (χ1) is 15.3. The Morgan fingerprint density at radius 2 is 1.62 bits per heavy atom. The molecule has 1 N–H and O–H groups in total. The summed E-state index contributed by atoms with van der Waals surface area (Å²) in [6.45, 7) is 8.74. The fourth-order valence-electron chi connectivity index (χ4n) is 4.15. The van der Waals surface area contributed by atoms with E-state index in [0.717, 1.165) is 58.5 Å². The topological polar surface area (TPSA) is 64.0 Å². The number of benzene rings is 3. The molecule has 32 heavy (non-hydrogen) atoms. The molecule has 5 nitrogen and oxygen atoms in total. The van der Waals surface area contributed by atoms with Crippen molar-refractivity contribution in [3.63, 3.8) is 0 Å². The number of aryl methyl sites for hydroxylation is 6. The Labute approximate surface area is 190 Å². The second kappa shape index (κ2) is 8.79. The number of hydrogen-bond acceptors (Lipinski definition) is 3. The maximum absolute atomic E-state index is 13.0. The fraction of sp³-hybridized carbons (Fsp3) is 0.269. The first-order valence-electron chi connectivity index (χ1n) is 10.9. The molecular formula is C26H29N3O2S. The van der Waals surface area contributed by atoms with Gasteiger partial charge < -0.3 is 4.57 Å². The Kier molecular flexibility index (Phi) is 6.07. The second-order valence-corrected chi connectivity index (χ2v) is 9.92. The van der Waals surface area contributed by atoms with Crippen LogP contribution < -0.4 is 4.72 Å². The molecule has 0 fully saturated rings. The maximum Gasteiger partial charge on any atom is 0.262 e. The molecule has 0 aliphatic carbocycles. The molecule has 0 saturated carbocycles. The number of hydrogen-bond donors (Lipinski definition) is 1. The number of imidazole rings is 1. The molecule has 4 rings (SSSR count). The Morgan fingerprint density at radius 1 is 0.875 bits per heavy atom. The molecule has 0 saturated heterocycles. The summed E-state index contributed by atoms with van der Waals surface area (Å²) >= 11 is 0. The molecule has 1 aromatic heterocycles. The van der Waals surface area contributed by atoms with Gasteiger partial charge in [0, 0.05) is 18.7 Å². The largest absolute Gasteiger partial charge is 0.328 e. The van der Waals surface area contributed by atoms with Gasteiger partial charge in [-0.15, -0.1) is 0 Å². The van der Waals surface area contributed by atoms with Gasteiger partial charge in [0.25, 0.3) is 10.0 Å². The average molecular weight is 448 g/mol. The summed E-state index contributed by atoms with van der Waals surface area (Å²) in [6, 6.07) is 19.5. The van der Waals surface area contributed by atoms with Crippen LogP contribution in [0.1, 0.15) is 35.0 Å². The molecule has 0 spiro atoms. The SMILES string of the molecule is CCn1c(CCc2cccc(NS(=O)(=O)c3cc(C)c(C)cc3C)c2)nc2ccccc21. The van der Waals surface area contributed by atoms with Gasteiger partial charge in [0.05, 0.1) is 15.9 Å². The number of fused-ring (bicyclic) bond motifs is 1. The van der Waals surface area contributed by atoms with Crippen LogP contribution >= 0.6 is 0 Å². The highest BCUT2D eigenvalue weighted by Gasteiger charge is 2.18. The number of rotatable bonds is 7. The number of sulfonamides is 1. The zero-order chi connectivity index (χ0) is 22.9. The van der Waals surface area contributed by atoms with Crippen molar-refractivity contribution >= 4 is 26.7 Å². The summed E-state index contributed by atoms with van der Waals surface area (Å²) in [6.07, 6.45) is 1.57. The van der Waals surface area contributed by atoms with E-state index in [9.17, 15) is 8.42 Å². The third-order valence-corrected chi connectivity index (χ3v) is 7.47. The van der Waals surface area contributed by atoms with Gasteiger partial charge in [0.2, 0.25) is 0 Å². The van der Waals surface area contributed by atoms with Crippen molar-refractivity contribution in [1.29, 1.82) is 0 Å². The summed E-state index contributed by atoms with van der Waals surface area (Å²) in [5.74, 6) is 1.05. The molecule has 3 aromatic carbocycles. The van der Waals surface area contributed by atoms with E-state index in [1.54, 1.807) is 12.1 Å². The Hall–Kier alpha value is -3.12. The van der Waals surface area contributed by atoms with Crippen molar-refractivity contribution in [1.82, 2.24) is 9.55 Å². The van der Waals surface area contributed by atoms with Gasteiger partial charge in [-0.25, -0.2) is 13.4 Å². The first kappa shape index (κ1) is 22.1. The third-order valence-electron chi connectivity index (χ3n) is 5.95. The Bertz CT molecular complexity index is 1390. The average Bonchev–Trinajstić information content (AvgIpc) is 3.12. The quantitative estimate of drug-likeness (QED) is 0.403. The molecule has 0 radical (unpaired) electrons. The van der Waals surface area contributed by atoms with Crippen LogP contribution in [0.15, 0.2) is 65.6 Å². The van der Waals surface area contributed by atoms with Crippen LogP contribution in [0, 0.1) is 20.8 Å². The maximum atomic E-state index is 13.0. The molecule has 6 heteroatoms. The lowest BCUT2D eigenvalue weighted by Crippen LogP contribution is -2.15. The van der Waals surface area contributed by atoms with Crippen molar-refractivity contribution in [3.8, 4) is 0 Å². The molecule has 4 aromatic rings. The minimum absolute atomic E-state index is 0.322. The first-order valence-corrected chi connectivity index (χ1v) is 12.4. The van der Waals surface area contributed by atoms with E-state index in [-0.39, 0.29) is 0 Å². The van der Waals surface area contributed by atoms with Crippen LogP contribution in [0.2, 0.25) is 0 Å². The van der Waals surface area contributed by atoms with Gasteiger partial charge in [-0.3, -0.25) is 4.72 Å². The van der Waals surface area contributed by atoms with Gasteiger partial charge in [0.1, 0.15) is 5.82 Å². The number of aromatic nitrogens is 2. The van der Waals surface area contributed by atoms with Crippen LogP contribution in [0.5, 0.6) is 0 Å². The van der Waals surface area contributed by atoms with E-state index in [0.29, 0.717) is 10.6 Å². The minimum atomic E-state index is -3.66. The number of anilines is 1. The summed E-state index contributed by atoms with van der Waals surface area (Å²) in [5.41, 5.74) is 6.59. The number of nitrogens with one attached hydrogen (secondary N) is 1. The molecule has 0 bridgehead atoms. The van der Waals surface area contributed by atoms with Crippen molar-refractivity contribution in [3.05, 3.63) is 88.7 Å². The van der Waals surface area contributed by atoms with E-state index in [1.807, 2.05) is 63.2 Å². The highest BCUT2D eigenvalue weighted by Crippen LogP contribution is 2.24. The van der Waals surface area contributed by atoms with E-state index in [1.165, 1.54) is 0 Å². The van der Waals surface area contributed by atoms with E-state index in [2.05, 4.69) is 22.3 Å². The molecule has 0 aliphatic heterocycles. The summed E-state index contributed by atoms with van der Waals surface area (Å²) in [4.78, 5) is 5.12. The molecule has 0 unspecified atom stereocenters. The minimum Gasteiger partial charge on any atom is -0.328 e. The van der Waals surface area contributed by atoms with Crippen LogP contribution in [0.25, 0.3) is 11.0 Å². The monoisotopic (exact) mass is 447 g/mol. The molecule has 0 amide bonds. The molecule has 0 aliphatic rings. The highest BCUT2D eigenvalue weighted by molar-refractivity contribution is 7.92. The Morgan fingerprint density at radius 3 is 2.41 bits per heavy atom. The van der Waals surface area contributed by atoms with Crippen LogP contribution in [-0.2, 0) is 29.4 Å². The fourth-order valence-corrected chi connectivity index (χ4v) is 5.51. The van der Waals surface area contributed by atoms with Crippen LogP contribution in [-0.4, -0.2) is 18.0 Å². The van der Waals surface area contributed by atoms with E-state index >= 15 is 0 Å². The zero-order valence-corrected chi connectivity index (χ0v) is 19.8. The van der Waals surface area contributed by atoms with Gasteiger partial charge in [0.15, 0.2) is 0 Å². The normalized spacial score (nSPS) is 11.8. The molecular weight excluding hydrogens is 418 g/mol. The lowest BCUT2D eigenvalue weighted by atomic mass is 10.1. The Balaban J connectivity index is 1.54. The predicted molar refractivity (Wildman–Crippen MR) is 131 cm³/mol. The zero-order valence-electron chi connectivity index (χ0n) is 19.0. The van der Waals surface area contributed by atoms with Crippen molar-refractivity contribution in [2.45, 2.75) is 52.0 Å². The van der Waals surface area contributed by atoms with Crippen molar-refractivity contribution in [2.75, 3.05) is 4.72 Å². The van der Waals surface area contributed by atoms with Gasteiger partial charge in [-0.2, -0.15) is 0 Å². The highest BCUT2D eigenvalue weighted by atomic mass is 32.2. The lowest BCUT2D eigenvalue weighted by Gasteiger charge is -2.13. The van der Waals surface area contributed by atoms with Gasteiger partial charge >= 0.3 is 0 Å². The lowest BCUT2D eigenvalue weighted by molar-refractivity contribution is 0.600.